The molecule has 0 aliphatic carbocycles. The first-order valence-electron chi connectivity index (χ1n) is 18.4. The number of ether oxygens (including phenoxy) is 4. The highest BCUT2D eigenvalue weighted by Crippen LogP contribution is 2.45. The molecule has 1 aliphatic heterocycles. The van der Waals surface area contributed by atoms with Gasteiger partial charge in [-0.3, -0.25) is 4.90 Å². The molecule has 0 unspecified atom stereocenters. The van der Waals surface area contributed by atoms with Crippen molar-refractivity contribution in [1.29, 1.82) is 0 Å². The maximum atomic E-state index is 15.7. The lowest BCUT2D eigenvalue weighted by Crippen LogP contribution is -2.49. The van der Waals surface area contributed by atoms with E-state index in [0.717, 1.165) is 20.8 Å². The standard InChI is InChI=1S/C41H39FN8O9S2/c1-56-28-10-4-25(5-11-28)22-48(23-26-6-12-29(57-2)13-7-26)61(54,55)39-34(59-41(51)49-21-20-35(49)60(52)53)19-17-31(32-16-18-33(42)38(44)37(32)43)36(39)40-45-47-50(46-40)24-27-8-14-30(58-3)15-9-27/h4-19H,20-24,43-44H2,1-3H3. The van der Waals surface area contributed by atoms with Crippen molar-refractivity contribution in [3.63, 3.8) is 0 Å². The molecule has 1 saturated heterocycles. The summed E-state index contributed by atoms with van der Waals surface area (Å²) in [7, 11) is -3.07. The number of carbonyl (C=O) groups is 1. The molecule has 17 nitrogen and oxygen atoms in total. The second-order valence-corrected chi connectivity index (χ2v) is 16.4. The number of halogens is 1. The van der Waals surface area contributed by atoms with E-state index in [1.165, 1.54) is 44.3 Å². The van der Waals surface area contributed by atoms with E-state index in [2.05, 4.69) is 15.4 Å². The van der Waals surface area contributed by atoms with Crippen LogP contribution in [0, 0.1) is 5.82 Å². The van der Waals surface area contributed by atoms with Gasteiger partial charge in [0.1, 0.15) is 32.9 Å². The highest BCUT2D eigenvalue weighted by molar-refractivity contribution is 7.89. The van der Waals surface area contributed by atoms with Crippen LogP contribution in [-0.4, -0.2) is 85.2 Å². The van der Waals surface area contributed by atoms with Crippen molar-refractivity contribution in [3.05, 3.63) is 120 Å². The molecule has 1 aromatic heterocycles. The lowest BCUT2D eigenvalue weighted by molar-refractivity contribution is 0.168. The molecule has 0 radical (unpaired) electrons. The number of nitrogens with zero attached hydrogens (tertiary/aromatic N) is 6. The molecule has 20 heteroatoms. The van der Waals surface area contributed by atoms with Gasteiger partial charge in [0, 0.05) is 31.6 Å². The second-order valence-electron chi connectivity index (χ2n) is 13.6. The van der Waals surface area contributed by atoms with Crippen LogP contribution in [0.15, 0.2) is 102 Å². The van der Waals surface area contributed by atoms with E-state index in [1.807, 2.05) is 0 Å². The van der Waals surface area contributed by atoms with Gasteiger partial charge in [-0.1, -0.05) is 36.4 Å². The van der Waals surface area contributed by atoms with Crippen LogP contribution in [-0.2, 0) is 40.0 Å². The predicted octanol–water partition coefficient (Wildman–Crippen LogP) is 4.99. The Morgan fingerprint density at radius 3 is 1.82 bits per heavy atom. The molecule has 1 amide bonds. The molecule has 0 saturated carbocycles. The number of carbonyl (C=O) groups excluding carboxylic acids is 1. The fraction of sp³-hybridized carbons (Fsp3) is 0.195. The SMILES string of the molecule is COc1ccc(CN(Cc2ccc(OC)cc2)S(=O)(=O)c2c(OC(=O)N3CCC3=S(=O)=O)ccc(-c3ccc(F)c(N)c3N)c2-c2nnn(Cc3ccc(OC)cc3)n2)cc1. The normalized spacial score (nSPS) is 12.5. The fourth-order valence-electron chi connectivity index (χ4n) is 6.55. The summed E-state index contributed by atoms with van der Waals surface area (Å²) in [5.41, 5.74) is 13.7. The molecule has 7 rings (SSSR count). The molecule has 0 atom stereocenters. The number of nitrogen functional groups attached to an aromatic ring is 2. The lowest BCUT2D eigenvalue weighted by atomic mass is 9.96. The minimum atomic E-state index is -4.88. The summed E-state index contributed by atoms with van der Waals surface area (Å²) in [4.78, 5) is 15.0. The van der Waals surface area contributed by atoms with Crippen molar-refractivity contribution < 1.29 is 45.0 Å². The third-order valence-electron chi connectivity index (χ3n) is 9.90. The number of nitrogens with two attached hydrogens (primary N) is 2. The summed E-state index contributed by atoms with van der Waals surface area (Å²) < 4.78 is 92.9. The van der Waals surface area contributed by atoms with Crippen molar-refractivity contribution in [3.8, 4) is 45.5 Å². The van der Waals surface area contributed by atoms with Crippen molar-refractivity contribution in [2.75, 3.05) is 39.3 Å². The van der Waals surface area contributed by atoms with Crippen LogP contribution in [0.5, 0.6) is 23.0 Å². The predicted molar refractivity (Wildman–Crippen MR) is 223 cm³/mol. The summed E-state index contributed by atoms with van der Waals surface area (Å²) in [6.45, 7) is -0.325. The number of aromatic nitrogens is 4. The van der Waals surface area contributed by atoms with Gasteiger partial charge in [-0.05, 0) is 88.1 Å². The van der Waals surface area contributed by atoms with E-state index in [0.29, 0.717) is 28.4 Å². The summed E-state index contributed by atoms with van der Waals surface area (Å²) in [6.07, 6.45) is -1.08. The van der Waals surface area contributed by atoms with Gasteiger partial charge in [0.25, 0.3) is 0 Å². The highest BCUT2D eigenvalue weighted by Gasteiger charge is 2.38. The summed E-state index contributed by atoms with van der Waals surface area (Å²) in [5.74, 6) is 0.148. The van der Waals surface area contributed by atoms with Gasteiger partial charge in [0.15, 0.2) is 5.75 Å². The smallest absolute Gasteiger partial charge is 0.420 e. The number of hydrogen-bond donors (Lipinski definition) is 2. The third kappa shape index (κ3) is 8.81. The van der Waals surface area contributed by atoms with Gasteiger partial charge in [-0.25, -0.2) is 17.6 Å². The number of hydrogen-bond acceptors (Lipinski definition) is 14. The Bertz CT molecular complexity index is 2800. The molecule has 5 aromatic carbocycles. The molecule has 6 aromatic rings. The second kappa shape index (κ2) is 17.7. The maximum absolute atomic E-state index is 15.7. The number of methoxy groups -OCH3 is 3. The van der Waals surface area contributed by atoms with E-state index in [4.69, 9.17) is 30.4 Å². The topological polar surface area (TPSA) is 224 Å². The Balaban J connectivity index is 1.47. The molecule has 2 heterocycles. The van der Waals surface area contributed by atoms with Crippen molar-refractivity contribution in [1.82, 2.24) is 29.4 Å². The Labute approximate surface area is 351 Å². The number of sulfonamides is 1. The van der Waals surface area contributed by atoms with Crippen LogP contribution >= 0.6 is 0 Å². The van der Waals surface area contributed by atoms with E-state index in [9.17, 15) is 17.6 Å². The van der Waals surface area contributed by atoms with Crippen molar-refractivity contribution in [2.24, 2.45) is 0 Å². The molecule has 1 fully saturated rings. The summed E-state index contributed by atoms with van der Waals surface area (Å²) >= 11 is 0. The molecule has 61 heavy (non-hydrogen) atoms. The highest BCUT2D eigenvalue weighted by atomic mass is 32.2. The van der Waals surface area contributed by atoms with Gasteiger partial charge >= 0.3 is 6.09 Å². The first-order valence-corrected chi connectivity index (χ1v) is 20.9. The average Bonchev–Trinajstić information content (AvgIpc) is 3.70. The number of amides is 1. The Morgan fingerprint density at radius 1 is 0.770 bits per heavy atom. The number of anilines is 2. The van der Waals surface area contributed by atoms with Crippen LogP contribution in [0.2, 0.25) is 0 Å². The Kier molecular flexibility index (Phi) is 12.2. The quantitative estimate of drug-likeness (QED) is 0.109. The molecular formula is C41H39FN8O9S2. The van der Waals surface area contributed by atoms with E-state index >= 15 is 8.42 Å². The zero-order chi connectivity index (χ0) is 43.4. The Morgan fingerprint density at radius 2 is 1.31 bits per heavy atom. The monoisotopic (exact) mass is 870 g/mol. The first-order chi connectivity index (χ1) is 29.3. The minimum Gasteiger partial charge on any atom is -0.497 e. The van der Waals surface area contributed by atoms with Gasteiger partial charge in [-0.2, -0.15) is 17.5 Å². The summed E-state index contributed by atoms with van der Waals surface area (Å²) in [5, 5.41) is 13.1. The van der Waals surface area contributed by atoms with E-state index < -0.39 is 48.6 Å². The van der Waals surface area contributed by atoms with Crippen LogP contribution in [0.25, 0.3) is 22.5 Å². The zero-order valence-electron chi connectivity index (χ0n) is 33.0. The summed E-state index contributed by atoms with van der Waals surface area (Å²) in [6, 6.07) is 25.6. The third-order valence-corrected chi connectivity index (χ3v) is 12.6. The molecular weight excluding hydrogens is 832 g/mol. The fourth-order valence-corrected chi connectivity index (χ4v) is 8.87. The number of tetrazole rings is 1. The van der Waals surface area contributed by atoms with Crippen LogP contribution in [0.4, 0.5) is 20.6 Å². The van der Waals surface area contributed by atoms with Gasteiger partial charge < -0.3 is 30.4 Å². The average molecular weight is 871 g/mol. The first kappa shape index (κ1) is 42.1. The van der Waals surface area contributed by atoms with Gasteiger partial charge in [-0.15, -0.1) is 10.2 Å². The van der Waals surface area contributed by atoms with Crippen LogP contribution < -0.4 is 30.4 Å². The van der Waals surface area contributed by atoms with E-state index in [-0.39, 0.29) is 65.8 Å². The minimum absolute atomic E-state index is 0.00284. The molecule has 316 valence electrons. The number of benzene rings is 5. The van der Waals surface area contributed by atoms with Gasteiger partial charge in [0.2, 0.25) is 26.1 Å². The molecule has 4 N–H and O–H groups in total. The Hall–Kier alpha value is -7.03. The number of rotatable bonds is 14. The molecule has 0 bridgehead atoms. The number of likely N-dealkylation sites (tertiary alicyclic amines) is 1. The lowest BCUT2D eigenvalue weighted by Gasteiger charge is -2.30. The largest absolute Gasteiger partial charge is 0.497 e. The zero-order valence-corrected chi connectivity index (χ0v) is 34.6. The van der Waals surface area contributed by atoms with Crippen LogP contribution in [0.3, 0.4) is 0 Å². The molecule has 1 aliphatic rings. The van der Waals surface area contributed by atoms with E-state index in [1.54, 1.807) is 72.8 Å². The van der Waals surface area contributed by atoms with Gasteiger partial charge in [0.05, 0.1) is 44.8 Å². The van der Waals surface area contributed by atoms with Crippen LogP contribution in [0.1, 0.15) is 23.1 Å². The maximum Gasteiger partial charge on any atom is 0.420 e. The van der Waals surface area contributed by atoms with Crippen molar-refractivity contribution in [2.45, 2.75) is 31.0 Å². The van der Waals surface area contributed by atoms with Crippen molar-refractivity contribution >= 4 is 42.8 Å². The molecule has 0 spiro atoms.